The largest absolute Gasteiger partial charge is 0.345 e. The van der Waals surface area contributed by atoms with E-state index in [0.29, 0.717) is 6.42 Å². The Bertz CT molecular complexity index is 783. The summed E-state index contributed by atoms with van der Waals surface area (Å²) >= 11 is 0. The Hall–Kier alpha value is -3.07. The van der Waals surface area contributed by atoms with Crippen molar-refractivity contribution in [2.75, 3.05) is 17.3 Å². The van der Waals surface area contributed by atoms with Crippen LogP contribution in [0.3, 0.4) is 0 Å². The van der Waals surface area contributed by atoms with Gasteiger partial charge in [-0.2, -0.15) is 0 Å². The highest BCUT2D eigenvalue weighted by molar-refractivity contribution is 5.92. The zero-order valence-corrected chi connectivity index (χ0v) is 13.6. The van der Waals surface area contributed by atoms with Gasteiger partial charge in [0.2, 0.25) is 5.91 Å². The van der Waals surface area contributed by atoms with Crippen LogP contribution in [-0.2, 0) is 11.2 Å². The summed E-state index contributed by atoms with van der Waals surface area (Å²) in [6.07, 6.45) is 0.381. The zero-order chi connectivity index (χ0) is 16.8. The van der Waals surface area contributed by atoms with E-state index in [9.17, 15) is 4.79 Å². The molecule has 0 saturated heterocycles. The Balaban J connectivity index is 1.63. The van der Waals surface area contributed by atoms with Gasteiger partial charge in [-0.25, -0.2) is 0 Å². The number of nitrogens with one attached hydrogen (secondary N) is 1. The van der Waals surface area contributed by atoms with E-state index in [1.807, 2.05) is 79.8 Å². The summed E-state index contributed by atoms with van der Waals surface area (Å²) in [5.41, 5.74) is 4.01. The molecule has 0 aliphatic carbocycles. The number of benzene rings is 3. The highest BCUT2D eigenvalue weighted by atomic mass is 16.1. The molecule has 3 nitrogen and oxygen atoms in total. The van der Waals surface area contributed by atoms with Gasteiger partial charge in [-0.15, -0.1) is 0 Å². The minimum atomic E-state index is -0.00892. The molecule has 3 rings (SSSR count). The fraction of sp³-hybridized carbons (Fsp3) is 0.0952. The summed E-state index contributed by atoms with van der Waals surface area (Å²) in [6, 6.07) is 27.8. The first-order chi connectivity index (χ1) is 11.7. The van der Waals surface area contributed by atoms with Gasteiger partial charge in [0.05, 0.1) is 6.42 Å². The van der Waals surface area contributed by atoms with Crippen LogP contribution in [0.1, 0.15) is 5.56 Å². The molecule has 1 N–H and O–H groups in total. The monoisotopic (exact) mass is 316 g/mol. The quantitative estimate of drug-likeness (QED) is 0.744. The van der Waals surface area contributed by atoms with Crippen molar-refractivity contribution < 1.29 is 4.79 Å². The minimum Gasteiger partial charge on any atom is -0.345 e. The lowest BCUT2D eigenvalue weighted by Gasteiger charge is -2.19. The smallest absolute Gasteiger partial charge is 0.228 e. The van der Waals surface area contributed by atoms with Crippen LogP contribution in [0.4, 0.5) is 17.1 Å². The molecule has 0 fully saturated rings. The molecule has 0 bridgehead atoms. The highest BCUT2D eigenvalue weighted by Gasteiger charge is 2.06. The maximum absolute atomic E-state index is 12.1. The molecule has 0 saturated carbocycles. The van der Waals surface area contributed by atoms with Crippen molar-refractivity contribution in [3.8, 4) is 0 Å². The molecule has 0 heterocycles. The molecule has 0 aliphatic rings. The van der Waals surface area contributed by atoms with Crippen molar-refractivity contribution in [2.45, 2.75) is 6.42 Å². The minimum absolute atomic E-state index is 0.00892. The Morgan fingerprint density at radius 1 is 0.792 bits per heavy atom. The average Bonchev–Trinajstić information content (AvgIpc) is 2.63. The summed E-state index contributed by atoms with van der Waals surface area (Å²) < 4.78 is 0. The first-order valence-electron chi connectivity index (χ1n) is 7.95. The van der Waals surface area contributed by atoms with E-state index < -0.39 is 0 Å². The molecule has 24 heavy (non-hydrogen) atoms. The topological polar surface area (TPSA) is 32.3 Å². The molecule has 0 aromatic heterocycles. The van der Waals surface area contributed by atoms with Gasteiger partial charge in [-0.3, -0.25) is 4.79 Å². The Morgan fingerprint density at radius 2 is 1.33 bits per heavy atom. The standard InChI is InChI=1S/C21H20N2O/c1-23(19-10-6-3-7-11-19)20-14-12-18(13-15-20)22-21(24)16-17-8-4-2-5-9-17/h2-15H,16H2,1H3,(H,22,24). The van der Waals surface area contributed by atoms with Crippen molar-refractivity contribution >= 4 is 23.0 Å². The number of nitrogens with zero attached hydrogens (tertiary/aromatic N) is 1. The molecule has 3 aromatic carbocycles. The maximum atomic E-state index is 12.1. The molecular formula is C21H20N2O. The third-order valence-electron chi connectivity index (χ3n) is 3.89. The second-order valence-corrected chi connectivity index (χ2v) is 5.65. The molecular weight excluding hydrogens is 296 g/mol. The van der Waals surface area contributed by atoms with Crippen molar-refractivity contribution in [3.05, 3.63) is 90.5 Å². The van der Waals surface area contributed by atoms with Gasteiger partial charge in [-0.1, -0.05) is 48.5 Å². The first kappa shape index (κ1) is 15.8. The summed E-state index contributed by atoms with van der Waals surface area (Å²) in [7, 11) is 2.03. The SMILES string of the molecule is CN(c1ccccc1)c1ccc(NC(=O)Cc2ccccc2)cc1. The lowest BCUT2D eigenvalue weighted by molar-refractivity contribution is -0.115. The van der Waals surface area contributed by atoms with Crippen LogP contribution in [0.15, 0.2) is 84.9 Å². The van der Waals surface area contributed by atoms with Gasteiger partial charge < -0.3 is 10.2 Å². The molecule has 3 aromatic rings. The molecule has 3 heteroatoms. The Morgan fingerprint density at radius 3 is 1.96 bits per heavy atom. The molecule has 0 radical (unpaired) electrons. The maximum Gasteiger partial charge on any atom is 0.228 e. The highest BCUT2D eigenvalue weighted by Crippen LogP contribution is 2.24. The van der Waals surface area contributed by atoms with Gasteiger partial charge in [0.15, 0.2) is 0 Å². The summed E-state index contributed by atoms with van der Waals surface area (Å²) in [4.78, 5) is 14.2. The van der Waals surface area contributed by atoms with Gasteiger partial charge in [0.25, 0.3) is 0 Å². The van der Waals surface area contributed by atoms with E-state index in [1.54, 1.807) is 0 Å². The summed E-state index contributed by atoms with van der Waals surface area (Å²) in [5, 5.41) is 2.94. The number of carbonyl (C=O) groups is 1. The van der Waals surface area contributed by atoms with Crippen molar-refractivity contribution in [1.82, 2.24) is 0 Å². The van der Waals surface area contributed by atoms with Gasteiger partial charge >= 0.3 is 0 Å². The number of carbonyl (C=O) groups excluding carboxylic acids is 1. The van der Waals surface area contributed by atoms with Gasteiger partial charge in [-0.05, 0) is 42.0 Å². The fourth-order valence-electron chi connectivity index (χ4n) is 2.56. The van der Waals surface area contributed by atoms with Crippen LogP contribution < -0.4 is 10.2 Å². The zero-order valence-electron chi connectivity index (χ0n) is 13.6. The molecule has 0 atom stereocenters. The number of hydrogen-bond donors (Lipinski definition) is 1. The van der Waals surface area contributed by atoms with Gasteiger partial charge in [0.1, 0.15) is 0 Å². The normalized spacial score (nSPS) is 10.2. The Labute approximate surface area is 142 Å². The van der Waals surface area contributed by atoms with Crippen LogP contribution in [0.2, 0.25) is 0 Å². The second-order valence-electron chi connectivity index (χ2n) is 5.65. The lowest BCUT2D eigenvalue weighted by Crippen LogP contribution is -2.14. The van der Waals surface area contributed by atoms with E-state index >= 15 is 0 Å². The van der Waals surface area contributed by atoms with E-state index in [2.05, 4.69) is 22.3 Å². The first-order valence-corrected chi connectivity index (χ1v) is 7.95. The van der Waals surface area contributed by atoms with Crippen LogP contribution in [0, 0.1) is 0 Å². The van der Waals surface area contributed by atoms with Crippen LogP contribution in [0.5, 0.6) is 0 Å². The number of amides is 1. The molecule has 1 amide bonds. The molecule has 120 valence electrons. The Kier molecular flexibility index (Phi) is 4.92. The van der Waals surface area contributed by atoms with Crippen molar-refractivity contribution in [3.63, 3.8) is 0 Å². The van der Waals surface area contributed by atoms with E-state index in [-0.39, 0.29) is 5.91 Å². The third-order valence-corrected chi connectivity index (χ3v) is 3.89. The second kappa shape index (κ2) is 7.47. The van der Waals surface area contributed by atoms with Crippen LogP contribution in [-0.4, -0.2) is 13.0 Å². The number of hydrogen-bond acceptors (Lipinski definition) is 2. The number of rotatable bonds is 5. The number of anilines is 3. The summed E-state index contributed by atoms with van der Waals surface area (Å²) in [5.74, 6) is -0.00892. The van der Waals surface area contributed by atoms with Crippen molar-refractivity contribution in [2.24, 2.45) is 0 Å². The van der Waals surface area contributed by atoms with Gasteiger partial charge in [0, 0.05) is 24.1 Å². The van der Waals surface area contributed by atoms with E-state index in [4.69, 9.17) is 0 Å². The lowest BCUT2D eigenvalue weighted by atomic mass is 10.1. The third kappa shape index (κ3) is 4.02. The van der Waals surface area contributed by atoms with E-state index in [0.717, 1.165) is 22.6 Å². The predicted molar refractivity (Wildman–Crippen MR) is 99.7 cm³/mol. The average molecular weight is 316 g/mol. The molecule has 0 spiro atoms. The summed E-state index contributed by atoms with van der Waals surface area (Å²) in [6.45, 7) is 0. The predicted octanol–water partition coefficient (Wildman–Crippen LogP) is 4.64. The van der Waals surface area contributed by atoms with E-state index in [1.165, 1.54) is 0 Å². The molecule has 0 aliphatic heterocycles. The number of para-hydroxylation sites is 1. The van der Waals surface area contributed by atoms with Crippen LogP contribution >= 0.6 is 0 Å². The fourth-order valence-corrected chi connectivity index (χ4v) is 2.56. The molecule has 0 unspecified atom stereocenters. The van der Waals surface area contributed by atoms with Crippen LogP contribution in [0.25, 0.3) is 0 Å². The van der Waals surface area contributed by atoms with Crippen molar-refractivity contribution in [1.29, 1.82) is 0 Å².